The summed E-state index contributed by atoms with van der Waals surface area (Å²) >= 11 is 0. The molecule has 1 heterocycles. The van der Waals surface area contributed by atoms with E-state index in [1.54, 1.807) is 7.11 Å². The Bertz CT molecular complexity index is 502. The van der Waals surface area contributed by atoms with Crippen LogP contribution in [0.3, 0.4) is 0 Å². The van der Waals surface area contributed by atoms with E-state index in [1.165, 1.54) is 0 Å². The summed E-state index contributed by atoms with van der Waals surface area (Å²) < 4.78 is 4.90. The van der Waals surface area contributed by atoms with Gasteiger partial charge in [-0.2, -0.15) is 0 Å². The third-order valence-electron chi connectivity index (χ3n) is 3.55. The molecule has 0 radical (unpaired) electrons. The molecule has 1 saturated heterocycles. The number of nitrogens with one attached hydrogen (secondary N) is 2. The van der Waals surface area contributed by atoms with Crippen molar-refractivity contribution in [1.82, 2.24) is 10.2 Å². The van der Waals surface area contributed by atoms with Crippen molar-refractivity contribution in [1.29, 1.82) is 0 Å². The molecule has 0 saturated carbocycles. The summed E-state index contributed by atoms with van der Waals surface area (Å²) in [5.41, 5.74) is 1.83. The van der Waals surface area contributed by atoms with Crippen LogP contribution in [0.2, 0.25) is 0 Å². The second-order valence-corrected chi connectivity index (χ2v) is 5.33. The van der Waals surface area contributed by atoms with Crippen LogP contribution in [0.1, 0.15) is 18.4 Å². The van der Waals surface area contributed by atoms with Gasteiger partial charge in [-0.05, 0) is 24.1 Å². The van der Waals surface area contributed by atoms with Gasteiger partial charge in [-0.25, -0.2) is 0 Å². The van der Waals surface area contributed by atoms with Gasteiger partial charge in [0, 0.05) is 38.9 Å². The third kappa shape index (κ3) is 5.13. The van der Waals surface area contributed by atoms with E-state index >= 15 is 0 Å². The minimum atomic E-state index is -0.0847. The summed E-state index contributed by atoms with van der Waals surface area (Å²) in [5, 5.41) is 5.82. The van der Waals surface area contributed by atoms with E-state index in [9.17, 15) is 9.59 Å². The van der Waals surface area contributed by atoms with Gasteiger partial charge in [-0.15, -0.1) is 0 Å². The lowest BCUT2D eigenvalue weighted by Crippen LogP contribution is -2.30. The van der Waals surface area contributed by atoms with Crippen LogP contribution in [0.4, 0.5) is 5.69 Å². The first-order chi connectivity index (χ1) is 10.7. The zero-order chi connectivity index (χ0) is 15.8. The van der Waals surface area contributed by atoms with E-state index < -0.39 is 0 Å². The minimum absolute atomic E-state index is 0.0847. The number of amides is 2. The first kappa shape index (κ1) is 16.5. The zero-order valence-corrected chi connectivity index (χ0v) is 12.9. The topological polar surface area (TPSA) is 70.7 Å². The molecule has 1 aromatic rings. The largest absolute Gasteiger partial charge is 0.383 e. The number of benzene rings is 1. The fourth-order valence-corrected chi connectivity index (χ4v) is 2.37. The van der Waals surface area contributed by atoms with Gasteiger partial charge in [0.05, 0.1) is 13.2 Å². The monoisotopic (exact) mass is 305 g/mol. The summed E-state index contributed by atoms with van der Waals surface area (Å²) in [6.45, 7) is 2.97. The molecule has 1 aliphatic heterocycles. The molecule has 120 valence electrons. The molecule has 6 nitrogen and oxygen atoms in total. The Morgan fingerprint density at radius 2 is 2.09 bits per heavy atom. The number of nitrogens with zero attached hydrogens (tertiary/aromatic N) is 1. The number of likely N-dealkylation sites (tertiary alicyclic amines) is 1. The molecule has 0 atom stereocenters. The van der Waals surface area contributed by atoms with Crippen LogP contribution < -0.4 is 10.6 Å². The molecular formula is C16H23N3O3. The molecule has 1 aliphatic rings. The maximum absolute atomic E-state index is 11.7. The van der Waals surface area contributed by atoms with Crippen molar-refractivity contribution in [3.63, 3.8) is 0 Å². The number of hydrogen-bond acceptors (Lipinski definition) is 4. The van der Waals surface area contributed by atoms with Crippen LogP contribution in [0.5, 0.6) is 0 Å². The number of rotatable bonds is 8. The first-order valence-corrected chi connectivity index (χ1v) is 7.55. The van der Waals surface area contributed by atoms with Gasteiger partial charge in [0.25, 0.3) is 0 Å². The van der Waals surface area contributed by atoms with Crippen LogP contribution in [-0.2, 0) is 20.9 Å². The molecule has 0 aromatic heterocycles. The summed E-state index contributed by atoms with van der Waals surface area (Å²) in [6.07, 6.45) is 1.60. The van der Waals surface area contributed by atoms with Gasteiger partial charge in [0.15, 0.2) is 0 Å². The molecule has 1 fully saturated rings. The SMILES string of the molecule is COCCNCC(=O)Nc1ccc(CN2CCCC2=O)cc1. The summed E-state index contributed by atoms with van der Waals surface area (Å²) in [4.78, 5) is 25.2. The van der Waals surface area contributed by atoms with E-state index in [4.69, 9.17) is 4.74 Å². The average Bonchev–Trinajstić information content (AvgIpc) is 2.91. The maximum atomic E-state index is 11.7. The van der Waals surface area contributed by atoms with E-state index in [0.717, 1.165) is 24.2 Å². The number of hydrogen-bond donors (Lipinski definition) is 2. The van der Waals surface area contributed by atoms with Crippen LogP contribution in [0.25, 0.3) is 0 Å². The highest BCUT2D eigenvalue weighted by Gasteiger charge is 2.19. The van der Waals surface area contributed by atoms with Crippen molar-refractivity contribution in [2.24, 2.45) is 0 Å². The molecule has 0 unspecified atom stereocenters. The van der Waals surface area contributed by atoms with Gasteiger partial charge in [-0.1, -0.05) is 12.1 Å². The Kier molecular flexibility index (Phi) is 6.36. The lowest BCUT2D eigenvalue weighted by Gasteiger charge is -2.15. The standard InChI is InChI=1S/C16H23N3O3/c1-22-10-8-17-11-15(20)18-14-6-4-13(5-7-14)12-19-9-2-3-16(19)21/h4-7,17H,2-3,8-12H2,1H3,(H,18,20). The van der Waals surface area contributed by atoms with Crippen molar-refractivity contribution in [3.8, 4) is 0 Å². The van der Waals surface area contributed by atoms with Crippen LogP contribution >= 0.6 is 0 Å². The highest BCUT2D eigenvalue weighted by Crippen LogP contribution is 2.16. The fourth-order valence-electron chi connectivity index (χ4n) is 2.37. The number of methoxy groups -OCH3 is 1. The first-order valence-electron chi connectivity index (χ1n) is 7.55. The zero-order valence-electron chi connectivity index (χ0n) is 12.9. The number of ether oxygens (including phenoxy) is 1. The maximum Gasteiger partial charge on any atom is 0.238 e. The highest BCUT2D eigenvalue weighted by molar-refractivity contribution is 5.92. The highest BCUT2D eigenvalue weighted by atomic mass is 16.5. The Morgan fingerprint density at radius 3 is 2.73 bits per heavy atom. The quantitative estimate of drug-likeness (QED) is 0.703. The average molecular weight is 305 g/mol. The van der Waals surface area contributed by atoms with E-state index in [-0.39, 0.29) is 18.4 Å². The summed E-state index contributed by atoms with van der Waals surface area (Å²) in [5.74, 6) is 0.137. The minimum Gasteiger partial charge on any atom is -0.383 e. The smallest absolute Gasteiger partial charge is 0.238 e. The molecular weight excluding hydrogens is 282 g/mol. The molecule has 0 spiro atoms. The van der Waals surface area contributed by atoms with Crippen molar-refractivity contribution in [3.05, 3.63) is 29.8 Å². The normalized spacial score (nSPS) is 14.4. The summed E-state index contributed by atoms with van der Waals surface area (Å²) in [6, 6.07) is 7.62. The van der Waals surface area contributed by atoms with Crippen molar-refractivity contribution >= 4 is 17.5 Å². The molecule has 2 amide bonds. The van der Waals surface area contributed by atoms with Gasteiger partial charge >= 0.3 is 0 Å². The summed E-state index contributed by atoms with van der Waals surface area (Å²) in [7, 11) is 1.62. The second kappa shape index (κ2) is 8.51. The Morgan fingerprint density at radius 1 is 1.32 bits per heavy atom. The van der Waals surface area contributed by atoms with E-state index in [1.807, 2.05) is 29.2 Å². The lowest BCUT2D eigenvalue weighted by atomic mass is 10.2. The van der Waals surface area contributed by atoms with Gasteiger partial charge in [0.2, 0.25) is 11.8 Å². The number of carbonyl (C=O) groups excluding carboxylic acids is 2. The van der Waals surface area contributed by atoms with Gasteiger partial charge in [-0.3, -0.25) is 9.59 Å². The fraction of sp³-hybridized carbons (Fsp3) is 0.500. The molecule has 1 aromatic carbocycles. The lowest BCUT2D eigenvalue weighted by molar-refractivity contribution is -0.128. The molecule has 2 N–H and O–H groups in total. The molecule has 0 bridgehead atoms. The van der Waals surface area contributed by atoms with Crippen molar-refractivity contribution in [2.45, 2.75) is 19.4 Å². The predicted octanol–water partition coefficient (Wildman–Crippen LogP) is 0.983. The number of carbonyl (C=O) groups is 2. The Labute approximate surface area is 130 Å². The molecule has 2 rings (SSSR count). The van der Waals surface area contributed by atoms with Gasteiger partial charge in [0.1, 0.15) is 0 Å². The Balaban J connectivity index is 1.76. The molecule has 6 heteroatoms. The Hall–Kier alpha value is -1.92. The molecule has 22 heavy (non-hydrogen) atoms. The predicted molar refractivity (Wildman–Crippen MR) is 84.5 cm³/mol. The van der Waals surface area contributed by atoms with Crippen LogP contribution in [-0.4, -0.2) is 50.1 Å². The van der Waals surface area contributed by atoms with Crippen molar-refractivity contribution < 1.29 is 14.3 Å². The van der Waals surface area contributed by atoms with E-state index in [0.29, 0.717) is 26.1 Å². The van der Waals surface area contributed by atoms with E-state index in [2.05, 4.69) is 10.6 Å². The van der Waals surface area contributed by atoms with Crippen molar-refractivity contribution in [2.75, 3.05) is 38.7 Å². The molecule has 0 aliphatic carbocycles. The van der Waals surface area contributed by atoms with Crippen LogP contribution in [0, 0.1) is 0 Å². The van der Waals surface area contributed by atoms with Crippen LogP contribution in [0.15, 0.2) is 24.3 Å². The van der Waals surface area contributed by atoms with Gasteiger partial charge < -0.3 is 20.3 Å². The third-order valence-corrected chi connectivity index (χ3v) is 3.55. The number of anilines is 1. The second-order valence-electron chi connectivity index (χ2n) is 5.33.